The van der Waals surface area contributed by atoms with Gasteiger partial charge in [-0.2, -0.15) is 0 Å². The molecule has 2 aromatic carbocycles. The number of hydrogen-bond acceptors (Lipinski definition) is 3. The first-order chi connectivity index (χ1) is 13.5. The molecule has 0 radical (unpaired) electrons. The number of nitrogens with two attached hydrogens (primary N) is 1. The molecule has 1 atom stereocenters. The van der Waals surface area contributed by atoms with Crippen LogP contribution in [-0.4, -0.2) is 24.6 Å². The van der Waals surface area contributed by atoms with Crippen LogP contribution >= 0.6 is 24.0 Å². The summed E-state index contributed by atoms with van der Waals surface area (Å²) in [4.78, 5) is 16.2. The third kappa shape index (κ3) is 6.81. The molecule has 7 nitrogen and oxygen atoms in total. The van der Waals surface area contributed by atoms with Crippen molar-refractivity contribution in [2.24, 2.45) is 10.7 Å². The molecular weight excluding hydrogens is 481 g/mol. The number of nitrogens with zero attached hydrogens (tertiary/aromatic N) is 1. The SMILES string of the molecule is CC(C)NC(=O)Nc1ccc(CN=C(N)NC2CCOc3ccccc32)cc1.I. The summed E-state index contributed by atoms with van der Waals surface area (Å²) in [5, 5.41) is 8.86. The fourth-order valence-electron chi connectivity index (χ4n) is 3.02. The summed E-state index contributed by atoms with van der Waals surface area (Å²) < 4.78 is 5.67. The van der Waals surface area contributed by atoms with Gasteiger partial charge < -0.3 is 26.4 Å². The fraction of sp³-hybridized carbons (Fsp3) is 0.333. The molecule has 5 N–H and O–H groups in total. The molecular formula is C21H28IN5O2. The standard InChI is InChI=1S/C21H27N5O2.HI/c1-14(2)24-21(27)25-16-9-7-15(8-10-16)13-23-20(22)26-18-11-12-28-19-6-4-3-5-17(18)19;/h3-10,14,18H,11-13H2,1-2H3,(H3,22,23,26)(H2,24,25,27);1H. The predicted molar refractivity (Wildman–Crippen MR) is 127 cm³/mol. The van der Waals surface area contributed by atoms with Crippen LogP contribution in [0, 0.1) is 0 Å². The summed E-state index contributed by atoms with van der Waals surface area (Å²) in [7, 11) is 0. The van der Waals surface area contributed by atoms with Crippen LogP contribution in [0.2, 0.25) is 0 Å². The van der Waals surface area contributed by atoms with Crippen LogP contribution in [0.3, 0.4) is 0 Å². The fourth-order valence-corrected chi connectivity index (χ4v) is 3.02. The molecule has 2 aromatic rings. The molecule has 29 heavy (non-hydrogen) atoms. The summed E-state index contributed by atoms with van der Waals surface area (Å²) >= 11 is 0. The Hall–Kier alpha value is -2.49. The number of anilines is 1. The molecule has 0 bridgehead atoms. The maximum Gasteiger partial charge on any atom is 0.319 e. The molecule has 1 unspecified atom stereocenters. The Morgan fingerprint density at radius 2 is 1.93 bits per heavy atom. The van der Waals surface area contributed by atoms with Crippen LogP contribution in [0.15, 0.2) is 53.5 Å². The van der Waals surface area contributed by atoms with Crippen LogP contribution in [0.1, 0.15) is 37.4 Å². The smallest absolute Gasteiger partial charge is 0.319 e. The minimum absolute atomic E-state index is 0. The number of carbonyl (C=O) groups is 1. The van der Waals surface area contributed by atoms with E-state index in [9.17, 15) is 4.79 Å². The Morgan fingerprint density at radius 1 is 1.21 bits per heavy atom. The lowest BCUT2D eigenvalue weighted by Crippen LogP contribution is -2.37. The molecule has 1 aliphatic heterocycles. The Labute approximate surface area is 188 Å². The van der Waals surface area contributed by atoms with Gasteiger partial charge in [0, 0.05) is 23.7 Å². The number of carbonyl (C=O) groups excluding carboxylic acids is 1. The van der Waals surface area contributed by atoms with Crippen molar-refractivity contribution >= 4 is 41.7 Å². The van der Waals surface area contributed by atoms with E-state index in [0.717, 1.165) is 29.0 Å². The average molecular weight is 509 g/mol. The molecule has 1 aliphatic rings. The van der Waals surface area contributed by atoms with Crippen LogP contribution < -0.4 is 26.4 Å². The highest BCUT2D eigenvalue weighted by Gasteiger charge is 2.21. The largest absolute Gasteiger partial charge is 0.493 e. The predicted octanol–water partition coefficient (Wildman–Crippen LogP) is 3.76. The minimum atomic E-state index is -0.217. The monoisotopic (exact) mass is 509 g/mol. The Kier molecular flexibility index (Phi) is 8.56. The number of rotatable bonds is 5. The number of guanidine groups is 1. The first kappa shape index (κ1) is 22.8. The van der Waals surface area contributed by atoms with E-state index in [2.05, 4.69) is 20.9 Å². The Morgan fingerprint density at radius 3 is 2.66 bits per heavy atom. The highest BCUT2D eigenvalue weighted by molar-refractivity contribution is 14.0. The average Bonchev–Trinajstić information content (AvgIpc) is 2.67. The second-order valence-electron chi connectivity index (χ2n) is 7.02. The van der Waals surface area contributed by atoms with E-state index in [0.29, 0.717) is 19.1 Å². The molecule has 0 fully saturated rings. The Balaban J connectivity index is 0.00000300. The van der Waals surface area contributed by atoms with Gasteiger partial charge in [0.2, 0.25) is 0 Å². The molecule has 0 saturated heterocycles. The van der Waals surface area contributed by atoms with E-state index in [1.807, 2.05) is 62.4 Å². The Bertz CT molecular complexity index is 839. The van der Waals surface area contributed by atoms with Gasteiger partial charge in [0.1, 0.15) is 5.75 Å². The van der Waals surface area contributed by atoms with Crippen molar-refractivity contribution in [2.75, 3.05) is 11.9 Å². The summed E-state index contributed by atoms with van der Waals surface area (Å²) in [6.07, 6.45) is 0.839. The molecule has 2 amide bonds. The second kappa shape index (κ2) is 10.9. The van der Waals surface area contributed by atoms with Crippen molar-refractivity contribution in [1.82, 2.24) is 10.6 Å². The van der Waals surface area contributed by atoms with Crippen LogP contribution in [0.4, 0.5) is 10.5 Å². The number of benzene rings is 2. The molecule has 1 heterocycles. The molecule has 0 spiro atoms. The van der Waals surface area contributed by atoms with Crippen LogP contribution in [-0.2, 0) is 6.54 Å². The third-order valence-electron chi connectivity index (χ3n) is 4.34. The van der Waals surface area contributed by atoms with E-state index in [1.54, 1.807) is 0 Å². The summed E-state index contributed by atoms with van der Waals surface area (Å²) in [6, 6.07) is 15.5. The lowest BCUT2D eigenvalue weighted by Gasteiger charge is -2.26. The molecule has 0 aromatic heterocycles. The number of amides is 2. The van der Waals surface area contributed by atoms with E-state index in [-0.39, 0.29) is 42.1 Å². The first-order valence-electron chi connectivity index (χ1n) is 9.46. The van der Waals surface area contributed by atoms with Crippen molar-refractivity contribution in [2.45, 2.75) is 38.9 Å². The van der Waals surface area contributed by atoms with E-state index < -0.39 is 0 Å². The summed E-state index contributed by atoms with van der Waals surface area (Å²) in [6.45, 7) is 4.94. The second-order valence-corrected chi connectivity index (χ2v) is 7.02. The van der Waals surface area contributed by atoms with Gasteiger partial charge in [-0.3, -0.25) is 0 Å². The number of nitrogens with one attached hydrogen (secondary N) is 3. The van der Waals surface area contributed by atoms with Crippen LogP contribution in [0.25, 0.3) is 0 Å². The lowest BCUT2D eigenvalue weighted by atomic mass is 10.0. The van der Waals surface area contributed by atoms with Gasteiger partial charge in [-0.25, -0.2) is 9.79 Å². The first-order valence-corrected chi connectivity index (χ1v) is 9.46. The number of urea groups is 1. The number of aliphatic imine (C=N–C) groups is 1. The van der Waals surface area contributed by atoms with Crippen molar-refractivity contribution in [3.05, 3.63) is 59.7 Å². The number of para-hydroxylation sites is 1. The van der Waals surface area contributed by atoms with Crippen molar-refractivity contribution in [3.8, 4) is 5.75 Å². The number of fused-ring (bicyclic) bond motifs is 1. The zero-order valence-electron chi connectivity index (χ0n) is 16.6. The molecule has 8 heteroatoms. The highest BCUT2D eigenvalue weighted by Crippen LogP contribution is 2.31. The molecule has 3 rings (SSSR count). The van der Waals surface area contributed by atoms with E-state index in [4.69, 9.17) is 10.5 Å². The van der Waals surface area contributed by atoms with Gasteiger partial charge in [0.05, 0.1) is 19.2 Å². The van der Waals surface area contributed by atoms with Gasteiger partial charge in [0.25, 0.3) is 0 Å². The van der Waals surface area contributed by atoms with Gasteiger partial charge in [-0.15, -0.1) is 24.0 Å². The zero-order chi connectivity index (χ0) is 19.9. The lowest BCUT2D eigenvalue weighted by molar-refractivity contribution is 0.250. The summed E-state index contributed by atoms with van der Waals surface area (Å²) in [5.41, 5.74) is 8.92. The molecule has 0 aliphatic carbocycles. The quantitative estimate of drug-likeness (QED) is 0.280. The summed E-state index contributed by atoms with van der Waals surface area (Å²) in [5.74, 6) is 1.30. The van der Waals surface area contributed by atoms with E-state index in [1.165, 1.54) is 0 Å². The maximum atomic E-state index is 11.7. The topological polar surface area (TPSA) is 101 Å². The number of hydrogen-bond donors (Lipinski definition) is 4. The zero-order valence-corrected chi connectivity index (χ0v) is 19.0. The third-order valence-corrected chi connectivity index (χ3v) is 4.34. The number of ether oxygens (including phenoxy) is 1. The van der Waals surface area contributed by atoms with Gasteiger partial charge in [0.15, 0.2) is 5.96 Å². The molecule has 0 saturated carbocycles. The van der Waals surface area contributed by atoms with Gasteiger partial charge in [-0.05, 0) is 37.6 Å². The van der Waals surface area contributed by atoms with Crippen molar-refractivity contribution in [1.29, 1.82) is 0 Å². The minimum Gasteiger partial charge on any atom is -0.493 e. The van der Waals surface area contributed by atoms with Gasteiger partial charge in [-0.1, -0.05) is 30.3 Å². The van der Waals surface area contributed by atoms with Crippen LogP contribution in [0.5, 0.6) is 5.75 Å². The maximum absolute atomic E-state index is 11.7. The van der Waals surface area contributed by atoms with E-state index >= 15 is 0 Å². The highest BCUT2D eigenvalue weighted by atomic mass is 127. The van der Waals surface area contributed by atoms with Crippen molar-refractivity contribution < 1.29 is 9.53 Å². The number of halogens is 1. The molecule has 156 valence electrons. The normalized spacial score (nSPS) is 15.6. The van der Waals surface area contributed by atoms with Crippen molar-refractivity contribution in [3.63, 3.8) is 0 Å². The van der Waals surface area contributed by atoms with Gasteiger partial charge >= 0.3 is 6.03 Å².